The number of ether oxygens (including phenoxy) is 1. The third-order valence-electron chi connectivity index (χ3n) is 2.27. The second-order valence-electron chi connectivity index (χ2n) is 3.42. The largest absolute Gasteiger partial charge is 0.481 e. The molecule has 15 heavy (non-hydrogen) atoms. The van der Waals surface area contributed by atoms with Crippen molar-refractivity contribution >= 4 is 5.91 Å². The molecule has 3 nitrogen and oxygen atoms in total. The van der Waals surface area contributed by atoms with E-state index in [1.807, 2.05) is 31.2 Å². The van der Waals surface area contributed by atoms with E-state index in [2.05, 4.69) is 6.92 Å². The van der Waals surface area contributed by atoms with Gasteiger partial charge >= 0.3 is 0 Å². The highest BCUT2D eigenvalue weighted by Crippen LogP contribution is 2.16. The number of carbonyl (C=O) groups is 1. The molecular formula is C12H17NO2. The quantitative estimate of drug-likeness (QED) is 0.801. The first-order valence-corrected chi connectivity index (χ1v) is 5.22. The van der Waals surface area contributed by atoms with Crippen molar-refractivity contribution in [3.8, 4) is 5.75 Å². The summed E-state index contributed by atoms with van der Waals surface area (Å²) < 4.78 is 5.49. The van der Waals surface area contributed by atoms with E-state index in [9.17, 15) is 4.79 Å². The molecule has 3 heteroatoms. The van der Waals surface area contributed by atoms with Gasteiger partial charge in [-0.05, 0) is 30.5 Å². The van der Waals surface area contributed by atoms with Crippen molar-refractivity contribution < 1.29 is 9.53 Å². The Morgan fingerprint density at radius 3 is 2.73 bits per heavy atom. The van der Waals surface area contributed by atoms with Crippen LogP contribution in [0.4, 0.5) is 0 Å². The number of hydrogen-bond acceptors (Lipinski definition) is 2. The third-order valence-corrected chi connectivity index (χ3v) is 2.27. The first kappa shape index (κ1) is 11.6. The molecule has 0 fully saturated rings. The molecule has 1 aromatic rings. The molecule has 0 aliphatic heterocycles. The standard InChI is InChI=1S/C12H17NO2/c1-3-9-6-5-7-10(8-9)15-11(4-2)12(13)14/h5-8,11H,3-4H2,1-2H3,(H2,13,14). The normalized spacial score (nSPS) is 12.1. The molecule has 0 radical (unpaired) electrons. The van der Waals surface area contributed by atoms with Crippen molar-refractivity contribution in [3.05, 3.63) is 29.8 Å². The van der Waals surface area contributed by atoms with Gasteiger partial charge in [0.05, 0.1) is 0 Å². The van der Waals surface area contributed by atoms with Gasteiger partial charge in [0.2, 0.25) is 0 Å². The van der Waals surface area contributed by atoms with Crippen molar-refractivity contribution in [2.45, 2.75) is 32.8 Å². The number of nitrogens with two attached hydrogens (primary N) is 1. The topological polar surface area (TPSA) is 52.3 Å². The Morgan fingerprint density at radius 1 is 1.47 bits per heavy atom. The van der Waals surface area contributed by atoms with Gasteiger partial charge in [-0.2, -0.15) is 0 Å². The SMILES string of the molecule is CCc1cccc(OC(CC)C(N)=O)c1. The fraction of sp³-hybridized carbons (Fsp3) is 0.417. The Labute approximate surface area is 90.2 Å². The molecule has 0 spiro atoms. The number of carbonyl (C=O) groups excluding carboxylic acids is 1. The van der Waals surface area contributed by atoms with Crippen LogP contribution in [0.15, 0.2) is 24.3 Å². The van der Waals surface area contributed by atoms with Crippen LogP contribution in [-0.4, -0.2) is 12.0 Å². The molecule has 0 bridgehead atoms. The number of benzene rings is 1. The van der Waals surface area contributed by atoms with Crippen LogP contribution in [0, 0.1) is 0 Å². The zero-order chi connectivity index (χ0) is 11.3. The van der Waals surface area contributed by atoms with Gasteiger partial charge in [0.15, 0.2) is 6.10 Å². The van der Waals surface area contributed by atoms with E-state index in [1.54, 1.807) is 0 Å². The summed E-state index contributed by atoms with van der Waals surface area (Å²) in [6, 6.07) is 7.72. The lowest BCUT2D eigenvalue weighted by molar-refractivity contribution is -0.124. The van der Waals surface area contributed by atoms with Crippen LogP contribution in [0.3, 0.4) is 0 Å². The number of primary amides is 1. The van der Waals surface area contributed by atoms with Crippen LogP contribution in [0.25, 0.3) is 0 Å². The summed E-state index contributed by atoms with van der Waals surface area (Å²) in [4.78, 5) is 11.0. The third kappa shape index (κ3) is 3.27. The summed E-state index contributed by atoms with van der Waals surface area (Å²) in [5.41, 5.74) is 6.39. The molecule has 0 aliphatic rings. The predicted octanol–water partition coefficient (Wildman–Crippen LogP) is 1.89. The maximum Gasteiger partial charge on any atom is 0.258 e. The fourth-order valence-electron chi connectivity index (χ4n) is 1.35. The highest BCUT2D eigenvalue weighted by atomic mass is 16.5. The van der Waals surface area contributed by atoms with Crippen LogP contribution in [0.2, 0.25) is 0 Å². The summed E-state index contributed by atoms with van der Waals surface area (Å²) >= 11 is 0. The first-order valence-electron chi connectivity index (χ1n) is 5.22. The minimum atomic E-state index is -0.530. The minimum absolute atomic E-state index is 0.417. The summed E-state index contributed by atoms with van der Waals surface area (Å²) in [5, 5.41) is 0. The monoisotopic (exact) mass is 207 g/mol. The minimum Gasteiger partial charge on any atom is -0.481 e. The van der Waals surface area contributed by atoms with Gasteiger partial charge in [-0.25, -0.2) is 0 Å². The van der Waals surface area contributed by atoms with Gasteiger partial charge in [-0.15, -0.1) is 0 Å². The van der Waals surface area contributed by atoms with Gasteiger partial charge in [-0.1, -0.05) is 26.0 Å². The Hall–Kier alpha value is -1.51. The lowest BCUT2D eigenvalue weighted by Crippen LogP contribution is -2.32. The van der Waals surface area contributed by atoms with E-state index in [1.165, 1.54) is 5.56 Å². The highest BCUT2D eigenvalue weighted by Gasteiger charge is 2.14. The van der Waals surface area contributed by atoms with Crippen molar-refractivity contribution in [2.24, 2.45) is 5.73 Å². The molecule has 82 valence electrons. The predicted molar refractivity (Wildman–Crippen MR) is 59.7 cm³/mol. The summed E-state index contributed by atoms with van der Waals surface area (Å²) in [7, 11) is 0. The van der Waals surface area contributed by atoms with E-state index < -0.39 is 12.0 Å². The molecular weight excluding hydrogens is 190 g/mol. The van der Waals surface area contributed by atoms with Crippen molar-refractivity contribution in [2.75, 3.05) is 0 Å². The zero-order valence-electron chi connectivity index (χ0n) is 9.19. The molecule has 0 saturated carbocycles. The Balaban J connectivity index is 2.74. The lowest BCUT2D eigenvalue weighted by Gasteiger charge is -2.14. The highest BCUT2D eigenvalue weighted by molar-refractivity contribution is 5.79. The van der Waals surface area contributed by atoms with Crippen LogP contribution in [0.5, 0.6) is 5.75 Å². The smallest absolute Gasteiger partial charge is 0.258 e. The average Bonchev–Trinajstić information content (AvgIpc) is 2.25. The van der Waals surface area contributed by atoms with E-state index in [4.69, 9.17) is 10.5 Å². The maximum atomic E-state index is 11.0. The first-order chi connectivity index (χ1) is 7.17. The molecule has 0 saturated heterocycles. The molecule has 1 amide bonds. The number of rotatable bonds is 5. The Bertz CT molecular complexity index is 336. The summed E-state index contributed by atoms with van der Waals surface area (Å²) in [5.74, 6) is 0.291. The molecule has 1 rings (SSSR count). The fourth-order valence-corrected chi connectivity index (χ4v) is 1.35. The molecule has 1 atom stereocenters. The molecule has 0 heterocycles. The van der Waals surface area contributed by atoms with Gasteiger partial charge in [0, 0.05) is 0 Å². The number of hydrogen-bond donors (Lipinski definition) is 1. The van der Waals surface area contributed by atoms with Crippen molar-refractivity contribution in [1.29, 1.82) is 0 Å². The van der Waals surface area contributed by atoms with Gasteiger partial charge in [0.1, 0.15) is 5.75 Å². The molecule has 1 unspecified atom stereocenters. The second kappa shape index (κ2) is 5.39. The number of amides is 1. The molecule has 2 N–H and O–H groups in total. The summed E-state index contributed by atoms with van der Waals surface area (Å²) in [6.07, 6.45) is 1.01. The van der Waals surface area contributed by atoms with Crippen molar-refractivity contribution in [1.82, 2.24) is 0 Å². The van der Waals surface area contributed by atoms with Crippen LogP contribution < -0.4 is 10.5 Å². The number of aryl methyl sites for hydroxylation is 1. The van der Waals surface area contributed by atoms with E-state index >= 15 is 0 Å². The molecule has 1 aromatic carbocycles. The van der Waals surface area contributed by atoms with Crippen LogP contribution >= 0.6 is 0 Å². The van der Waals surface area contributed by atoms with Gasteiger partial charge < -0.3 is 10.5 Å². The zero-order valence-corrected chi connectivity index (χ0v) is 9.19. The molecule has 0 aliphatic carbocycles. The second-order valence-corrected chi connectivity index (χ2v) is 3.42. The van der Waals surface area contributed by atoms with Crippen LogP contribution in [-0.2, 0) is 11.2 Å². The van der Waals surface area contributed by atoms with E-state index in [0.717, 1.165) is 6.42 Å². The Kier molecular flexibility index (Phi) is 4.16. The lowest BCUT2D eigenvalue weighted by atomic mass is 10.1. The van der Waals surface area contributed by atoms with E-state index in [-0.39, 0.29) is 0 Å². The molecule has 0 aromatic heterocycles. The Morgan fingerprint density at radius 2 is 2.20 bits per heavy atom. The average molecular weight is 207 g/mol. The summed E-state index contributed by atoms with van der Waals surface area (Å²) in [6.45, 7) is 3.95. The van der Waals surface area contributed by atoms with Gasteiger partial charge in [0.25, 0.3) is 5.91 Å². The van der Waals surface area contributed by atoms with Gasteiger partial charge in [-0.3, -0.25) is 4.79 Å². The maximum absolute atomic E-state index is 11.0. The van der Waals surface area contributed by atoms with Crippen LogP contribution in [0.1, 0.15) is 25.8 Å². The van der Waals surface area contributed by atoms with Crippen molar-refractivity contribution in [3.63, 3.8) is 0 Å². The van der Waals surface area contributed by atoms with E-state index in [0.29, 0.717) is 12.2 Å².